The molecule has 4 heteroatoms. The Bertz CT molecular complexity index is 401. The first kappa shape index (κ1) is 14.8. The standard InChI is InChI=1S/C7H8O2S.C5H10O/c1-10(8,9)7-5-3-2-4-6-7;1-3-5(6)4-2/h2-6H,1H3;3-4H2,1-2H3. The molecule has 0 aliphatic rings. The lowest BCUT2D eigenvalue weighted by Crippen LogP contribution is -1.95. The summed E-state index contributed by atoms with van der Waals surface area (Å²) in [6, 6.07) is 8.35. The van der Waals surface area contributed by atoms with Gasteiger partial charge in [0.2, 0.25) is 0 Å². The number of ketones is 1. The van der Waals surface area contributed by atoms with Crippen LogP contribution in [0.25, 0.3) is 0 Å². The molecule has 90 valence electrons. The number of carbonyl (C=O) groups is 1. The van der Waals surface area contributed by atoms with Crippen LogP contribution in [0.15, 0.2) is 35.2 Å². The molecule has 1 aromatic rings. The van der Waals surface area contributed by atoms with Crippen LogP contribution in [0.5, 0.6) is 0 Å². The van der Waals surface area contributed by atoms with Crippen LogP contribution in [0.2, 0.25) is 0 Å². The molecule has 0 heterocycles. The van der Waals surface area contributed by atoms with E-state index in [0.717, 1.165) is 0 Å². The minimum absolute atomic E-state index is 0.343. The molecule has 0 amide bonds. The van der Waals surface area contributed by atoms with Crippen LogP contribution >= 0.6 is 0 Å². The number of benzene rings is 1. The van der Waals surface area contributed by atoms with E-state index in [4.69, 9.17) is 0 Å². The van der Waals surface area contributed by atoms with Crippen LogP contribution in [-0.4, -0.2) is 20.5 Å². The van der Waals surface area contributed by atoms with E-state index in [9.17, 15) is 13.2 Å². The van der Waals surface area contributed by atoms with Gasteiger partial charge in [-0.2, -0.15) is 0 Å². The Kier molecular flexibility index (Phi) is 6.65. The lowest BCUT2D eigenvalue weighted by atomic mass is 10.3. The van der Waals surface area contributed by atoms with Gasteiger partial charge in [0.1, 0.15) is 5.78 Å². The summed E-state index contributed by atoms with van der Waals surface area (Å²) >= 11 is 0. The van der Waals surface area contributed by atoms with Crippen molar-refractivity contribution in [1.29, 1.82) is 0 Å². The third kappa shape index (κ3) is 6.35. The third-order valence-electron chi connectivity index (χ3n) is 1.96. The zero-order valence-electron chi connectivity index (χ0n) is 9.93. The van der Waals surface area contributed by atoms with Crippen molar-refractivity contribution in [2.75, 3.05) is 6.26 Å². The highest BCUT2D eigenvalue weighted by molar-refractivity contribution is 7.90. The lowest BCUT2D eigenvalue weighted by molar-refractivity contribution is -0.118. The van der Waals surface area contributed by atoms with E-state index in [1.807, 2.05) is 13.8 Å². The summed E-state index contributed by atoms with van der Waals surface area (Å²) < 4.78 is 21.7. The summed E-state index contributed by atoms with van der Waals surface area (Å²) in [6.45, 7) is 3.76. The van der Waals surface area contributed by atoms with E-state index in [1.165, 1.54) is 6.26 Å². The van der Waals surface area contributed by atoms with Crippen molar-refractivity contribution in [3.8, 4) is 0 Å². The molecule has 0 spiro atoms. The SMILES string of the molecule is CCC(=O)CC.CS(=O)(=O)c1ccccc1. The van der Waals surface area contributed by atoms with Gasteiger partial charge in [-0.3, -0.25) is 4.79 Å². The number of hydrogen-bond acceptors (Lipinski definition) is 3. The fourth-order valence-electron chi connectivity index (χ4n) is 0.918. The van der Waals surface area contributed by atoms with Crippen molar-refractivity contribution in [1.82, 2.24) is 0 Å². The maximum atomic E-state index is 10.8. The molecule has 0 aliphatic heterocycles. The van der Waals surface area contributed by atoms with Crippen LogP contribution in [0.3, 0.4) is 0 Å². The fourth-order valence-corrected chi connectivity index (χ4v) is 1.57. The summed E-state index contributed by atoms with van der Waals surface area (Å²) in [5, 5.41) is 0. The minimum atomic E-state index is -3.00. The van der Waals surface area contributed by atoms with E-state index in [2.05, 4.69) is 0 Å². The monoisotopic (exact) mass is 242 g/mol. The van der Waals surface area contributed by atoms with Crippen molar-refractivity contribution < 1.29 is 13.2 Å². The Hall–Kier alpha value is -1.16. The number of rotatable bonds is 3. The van der Waals surface area contributed by atoms with Gasteiger partial charge in [0, 0.05) is 19.1 Å². The molecular weight excluding hydrogens is 224 g/mol. The second kappa shape index (κ2) is 7.17. The van der Waals surface area contributed by atoms with E-state index < -0.39 is 9.84 Å². The normalized spacial score (nSPS) is 10.2. The summed E-state index contributed by atoms with van der Waals surface area (Å²) in [5.41, 5.74) is 0. The number of carbonyl (C=O) groups excluding carboxylic acids is 1. The Morgan fingerprint density at radius 1 is 1.06 bits per heavy atom. The smallest absolute Gasteiger partial charge is 0.175 e. The van der Waals surface area contributed by atoms with Crippen LogP contribution < -0.4 is 0 Å². The van der Waals surface area contributed by atoms with Crippen molar-refractivity contribution in [3.05, 3.63) is 30.3 Å². The molecule has 0 unspecified atom stereocenters. The van der Waals surface area contributed by atoms with Gasteiger partial charge in [-0.05, 0) is 12.1 Å². The molecule has 0 bridgehead atoms. The van der Waals surface area contributed by atoms with Gasteiger partial charge in [0.15, 0.2) is 9.84 Å². The van der Waals surface area contributed by atoms with Crippen molar-refractivity contribution >= 4 is 15.6 Å². The average Bonchev–Trinajstić information content (AvgIpc) is 2.29. The predicted molar refractivity (Wildman–Crippen MR) is 65.1 cm³/mol. The van der Waals surface area contributed by atoms with Crippen LogP contribution in [0.1, 0.15) is 26.7 Å². The van der Waals surface area contributed by atoms with Gasteiger partial charge in [-0.15, -0.1) is 0 Å². The highest BCUT2D eigenvalue weighted by Gasteiger charge is 2.02. The van der Waals surface area contributed by atoms with E-state index in [1.54, 1.807) is 30.3 Å². The minimum Gasteiger partial charge on any atom is -0.300 e. The number of Topliss-reactive ketones (excluding diaryl/α,β-unsaturated/α-hetero) is 1. The van der Waals surface area contributed by atoms with Crippen LogP contribution in [-0.2, 0) is 14.6 Å². The molecule has 1 aromatic carbocycles. The van der Waals surface area contributed by atoms with Gasteiger partial charge < -0.3 is 0 Å². The Balaban J connectivity index is 0.000000325. The molecule has 0 fully saturated rings. The van der Waals surface area contributed by atoms with Gasteiger partial charge in [0.25, 0.3) is 0 Å². The summed E-state index contributed by atoms with van der Waals surface area (Å²) in [7, 11) is -3.00. The first-order valence-electron chi connectivity index (χ1n) is 5.18. The second-order valence-electron chi connectivity index (χ2n) is 3.33. The highest BCUT2D eigenvalue weighted by atomic mass is 32.2. The van der Waals surface area contributed by atoms with Gasteiger partial charge in [0.05, 0.1) is 4.90 Å². The first-order valence-corrected chi connectivity index (χ1v) is 7.07. The molecule has 0 saturated heterocycles. The molecular formula is C12H18O3S. The molecule has 0 aliphatic carbocycles. The summed E-state index contributed by atoms with van der Waals surface area (Å²) in [4.78, 5) is 10.6. The zero-order chi connectivity index (χ0) is 12.6. The largest absolute Gasteiger partial charge is 0.300 e. The van der Waals surface area contributed by atoms with E-state index in [0.29, 0.717) is 23.5 Å². The molecule has 0 N–H and O–H groups in total. The molecule has 0 radical (unpaired) electrons. The first-order chi connectivity index (χ1) is 7.41. The Morgan fingerprint density at radius 3 is 1.69 bits per heavy atom. The molecule has 16 heavy (non-hydrogen) atoms. The highest BCUT2D eigenvalue weighted by Crippen LogP contribution is 2.05. The predicted octanol–water partition coefficient (Wildman–Crippen LogP) is 2.47. The maximum Gasteiger partial charge on any atom is 0.175 e. The van der Waals surface area contributed by atoms with Gasteiger partial charge in [-0.25, -0.2) is 8.42 Å². The quantitative estimate of drug-likeness (QED) is 0.818. The topological polar surface area (TPSA) is 51.2 Å². The van der Waals surface area contributed by atoms with Crippen molar-refractivity contribution in [2.24, 2.45) is 0 Å². The van der Waals surface area contributed by atoms with Crippen LogP contribution in [0, 0.1) is 0 Å². The van der Waals surface area contributed by atoms with Crippen molar-refractivity contribution in [2.45, 2.75) is 31.6 Å². The second-order valence-corrected chi connectivity index (χ2v) is 5.35. The zero-order valence-corrected chi connectivity index (χ0v) is 10.8. The molecule has 0 aromatic heterocycles. The summed E-state index contributed by atoms with van der Waals surface area (Å²) in [5.74, 6) is 0.343. The fraction of sp³-hybridized carbons (Fsp3) is 0.417. The van der Waals surface area contributed by atoms with E-state index in [-0.39, 0.29) is 0 Å². The van der Waals surface area contributed by atoms with Crippen LogP contribution in [0.4, 0.5) is 0 Å². The van der Waals surface area contributed by atoms with E-state index >= 15 is 0 Å². The maximum absolute atomic E-state index is 10.8. The van der Waals surface area contributed by atoms with Crippen molar-refractivity contribution in [3.63, 3.8) is 0 Å². The Morgan fingerprint density at radius 2 is 1.50 bits per heavy atom. The molecule has 1 rings (SSSR count). The van der Waals surface area contributed by atoms with Gasteiger partial charge >= 0.3 is 0 Å². The average molecular weight is 242 g/mol. The molecule has 0 saturated carbocycles. The molecule has 0 atom stereocenters. The molecule has 3 nitrogen and oxygen atoms in total. The van der Waals surface area contributed by atoms with Gasteiger partial charge in [-0.1, -0.05) is 32.0 Å². The lowest BCUT2D eigenvalue weighted by Gasteiger charge is -1.93. The number of sulfone groups is 1. The summed E-state index contributed by atoms with van der Waals surface area (Å²) in [6.07, 6.45) is 2.58. The Labute approximate surface area is 97.4 Å². The number of hydrogen-bond donors (Lipinski definition) is 0. The third-order valence-corrected chi connectivity index (χ3v) is 3.09.